The minimum Gasteiger partial charge on any atom is -0.494 e. The predicted molar refractivity (Wildman–Crippen MR) is 108 cm³/mol. The molecule has 27 heavy (non-hydrogen) atoms. The molecule has 0 unspecified atom stereocenters. The maximum atomic E-state index is 12.2. The molecule has 0 saturated carbocycles. The number of benzene rings is 2. The average molecular weight is 382 g/mol. The van der Waals surface area contributed by atoms with Gasteiger partial charge in [-0.1, -0.05) is 17.8 Å². The van der Waals surface area contributed by atoms with E-state index in [-0.39, 0.29) is 11.7 Å². The monoisotopic (exact) mass is 382 g/mol. The molecule has 0 fully saturated rings. The first-order chi connectivity index (χ1) is 13.1. The number of anilines is 1. The highest BCUT2D eigenvalue weighted by Crippen LogP contribution is 2.22. The summed E-state index contributed by atoms with van der Waals surface area (Å²) in [6.07, 6.45) is 1.66. The van der Waals surface area contributed by atoms with E-state index in [2.05, 4.69) is 41.5 Å². The standard InChI is InChI=1S/C20H22N4O2S/c1-4-26-18-9-6-16(7-10-18)22-19(25)12-27-20-23-21-13-24(20)17-8-5-14(2)15(3)11-17/h5-11,13H,4,12H2,1-3H3,(H,22,25). The third-order valence-corrected chi connectivity index (χ3v) is 5.01. The van der Waals surface area contributed by atoms with Crippen molar-refractivity contribution in [3.8, 4) is 11.4 Å². The fourth-order valence-electron chi connectivity index (χ4n) is 2.50. The molecule has 6 nitrogen and oxygen atoms in total. The van der Waals surface area contributed by atoms with E-state index in [0.717, 1.165) is 17.1 Å². The van der Waals surface area contributed by atoms with E-state index in [0.29, 0.717) is 11.8 Å². The van der Waals surface area contributed by atoms with Crippen LogP contribution in [0.4, 0.5) is 5.69 Å². The number of ether oxygens (including phenoxy) is 1. The number of nitrogens with one attached hydrogen (secondary N) is 1. The Bertz CT molecular complexity index is 922. The molecular weight excluding hydrogens is 360 g/mol. The van der Waals surface area contributed by atoms with Crippen LogP contribution in [0.25, 0.3) is 5.69 Å². The van der Waals surface area contributed by atoms with Gasteiger partial charge in [0.2, 0.25) is 5.91 Å². The smallest absolute Gasteiger partial charge is 0.234 e. The molecule has 0 aliphatic carbocycles. The minimum absolute atomic E-state index is 0.0983. The number of amides is 1. The second-order valence-electron chi connectivity index (χ2n) is 6.05. The highest BCUT2D eigenvalue weighted by molar-refractivity contribution is 7.99. The highest BCUT2D eigenvalue weighted by Gasteiger charge is 2.11. The fourth-order valence-corrected chi connectivity index (χ4v) is 3.23. The number of thioether (sulfide) groups is 1. The summed E-state index contributed by atoms with van der Waals surface area (Å²) in [5.74, 6) is 0.932. The van der Waals surface area contributed by atoms with Gasteiger partial charge in [0.05, 0.1) is 12.4 Å². The molecular formula is C20H22N4O2S. The van der Waals surface area contributed by atoms with Gasteiger partial charge >= 0.3 is 0 Å². The van der Waals surface area contributed by atoms with Crippen molar-refractivity contribution in [3.05, 3.63) is 59.9 Å². The van der Waals surface area contributed by atoms with Crippen LogP contribution in [0.1, 0.15) is 18.1 Å². The highest BCUT2D eigenvalue weighted by atomic mass is 32.2. The summed E-state index contributed by atoms with van der Waals surface area (Å²) < 4.78 is 7.29. The maximum absolute atomic E-state index is 12.2. The van der Waals surface area contributed by atoms with E-state index < -0.39 is 0 Å². The van der Waals surface area contributed by atoms with Gasteiger partial charge in [0.1, 0.15) is 12.1 Å². The van der Waals surface area contributed by atoms with Crippen molar-refractivity contribution >= 4 is 23.4 Å². The summed E-state index contributed by atoms with van der Waals surface area (Å²) in [5, 5.41) is 11.7. The number of rotatable bonds is 7. The minimum atomic E-state index is -0.0983. The third-order valence-electron chi connectivity index (χ3n) is 4.07. The number of aryl methyl sites for hydroxylation is 2. The lowest BCUT2D eigenvalue weighted by atomic mass is 10.1. The summed E-state index contributed by atoms with van der Waals surface area (Å²) >= 11 is 1.35. The lowest BCUT2D eigenvalue weighted by molar-refractivity contribution is -0.113. The molecule has 1 N–H and O–H groups in total. The van der Waals surface area contributed by atoms with E-state index in [1.807, 2.05) is 41.8 Å². The van der Waals surface area contributed by atoms with E-state index >= 15 is 0 Å². The Morgan fingerprint density at radius 2 is 1.93 bits per heavy atom. The Morgan fingerprint density at radius 3 is 2.63 bits per heavy atom. The summed E-state index contributed by atoms with van der Waals surface area (Å²) in [6.45, 7) is 6.69. The van der Waals surface area contributed by atoms with Crippen LogP contribution in [0.15, 0.2) is 53.9 Å². The van der Waals surface area contributed by atoms with Gasteiger partial charge in [-0.25, -0.2) is 0 Å². The van der Waals surface area contributed by atoms with Gasteiger partial charge in [-0.3, -0.25) is 9.36 Å². The van der Waals surface area contributed by atoms with E-state index in [4.69, 9.17) is 4.74 Å². The van der Waals surface area contributed by atoms with Gasteiger partial charge in [-0.05, 0) is 68.3 Å². The Hall–Kier alpha value is -2.80. The van der Waals surface area contributed by atoms with Gasteiger partial charge in [-0.15, -0.1) is 10.2 Å². The molecule has 0 saturated heterocycles. The van der Waals surface area contributed by atoms with Crippen LogP contribution in [0, 0.1) is 13.8 Å². The average Bonchev–Trinajstić information content (AvgIpc) is 3.13. The second-order valence-corrected chi connectivity index (χ2v) is 6.99. The summed E-state index contributed by atoms with van der Waals surface area (Å²) in [5.41, 5.74) is 4.15. The van der Waals surface area contributed by atoms with E-state index in [9.17, 15) is 4.79 Å². The van der Waals surface area contributed by atoms with Crippen molar-refractivity contribution in [2.24, 2.45) is 0 Å². The van der Waals surface area contributed by atoms with Gasteiger partial charge < -0.3 is 10.1 Å². The third kappa shape index (κ3) is 4.89. The molecule has 3 aromatic rings. The van der Waals surface area contributed by atoms with Crippen LogP contribution in [0.3, 0.4) is 0 Å². The van der Waals surface area contributed by atoms with Crippen molar-refractivity contribution in [1.29, 1.82) is 0 Å². The number of carbonyl (C=O) groups excluding carboxylic acids is 1. The Morgan fingerprint density at radius 1 is 1.15 bits per heavy atom. The molecule has 1 heterocycles. The van der Waals surface area contributed by atoms with Crippen molar-refractivity contribution in [2.75, 3.05) is 17.7 Å². The Balaban J connectivity index is 1.61. The quantitative estimate of drug-likeness (QED) is 0.625. The van der Waals surface area contributed by atoms with E-state index in [1.165, 1.54) is 22.9 Å². The van der Waals surface area contributed by atoms with Crippen LogP contribution < -0.4 is 10.1 Å². The molecule has 0 radical (unpaired) electrons. The number of hydrogen-bond donors (Lipinski definition) is 1. The molecule has 7 heteroatoms. The van der Waals surface area contributed by atoms with Crippen molar-refractivity contribution in [1.82, 2.24) is 14.8 Å². The van der Waals surface area contributed by atoms with Gasteiger partial charge in [-0.2, -0.15) is 0 Å². The van der Waals surface area contributed by atoms with Gasteiger partial charge in [0.25, 0.3) is 0 Å². The number of aromatic nitrogens is 3. The van der Waals surface area contributed by atoms with Crippen molar-refractivity contribution < 1.29 is 9.53 Å². The number of carbonyl (C=O) groups is 1. The van der Waals surface area contributed by atoms with Gasteiger partial charge in [0, 0.05) is 11.4 Å². The zero-order valence-corrected chi connectivity index (χ0v) is 16.4. The van der Waals surface area contributed by atoms with Crippen molar-refractivity contribution in [3.63, 3.8) is 0 Å². The predicted octanol–water partition coefficient (Wildman–Crippen LogP) is 4.01. The second kappa shape index (κ2) is 8.73. The molecule has 1 aromatic heterocycles. The fraction of sp³-hybridized carbons (Fsp3) is 0.250. The normalized spacial score (nSPS) is 10.6. The number of nitrogens with zero attached hydrogens (tertiary/aromatic N) is 3. The Labute approximate surface area is 163 Å². The van der Waals surface area contributed by atoms with Gasteiger partial charge in [0.15, 0.2) is 5.16 Å². The summed E-state index contributed by atoms with van der Waals surface area (Å²) in [6, 6.07) is 13.5. The molecule has 0 bridgehead atoms. The van der Waals surface area contributed by atoms with Crippen molar-refractivity contribution in [2.45, 2.75) is 25.9 Å². The molecule has 140 valence electrons. The maximum Gasteiger partial charge on any atom is 0.234 e. The SMILES string of the molecule is CCOc1ccc(NC(=O)CSc2nncn2-c2ccc(C)c(C)c2)cc1. The zero-order valence-electron chi connectivity index (χ0n) is 15.6. The summed E-state index contributed by atoms with van der Waals surface area (Å²) in [7, 11) is 0. The molecule has 0 atom stereocenters. The van der Waals surface area contributed by atoms with Crippen LogP contribution in [-0.2, 0) is 4.79 Å². The van der Waals surface area contributed by atoms with E-state index in [1.54, 1.807) is 6.33 Å². The molecule has 0 spiro atoms. The first kappa shape index (κ1) is 19.0. The largest absolute Gasteiger partial charge is 0.494 e. The summed E-state index contributed by atoms with van der Waals surface area (Å²) in [4.78, 5) is 12.2. The Kier molecular flexibility index (Phi) is 6.13. The number of hydrogen-bond acceptors (Lipinski definition) is 5. The molecule has 1 amide bonds. The topological polar surface area (TPSA) is 69.0 Å². The molecule has 0 aliphatic rings. The lowest BCUT2D eigenvalue weighted by Gasteiger charge is -2.09. The van der Waals surface area contributed by atoms with Crippen LogP contribution >= 0.6 is 11.8 Å². The van der Waals surface area contributed by atoms with Crippen LogP contribution in [-0.4, -0.2) is 33.0 Å². The van der Waals surface area contributed by atoms with Crippen LogP contribution in [0.2, 0.25) is 0 Å². The first-order valence-electron chi connectivity index (χ1n) is 8.70. The molecule has 2 aromatic carbocycles. The lowest BCUT2D eigenvalue weighted by Crippen LogP contribution is -2.14. The first-order valence-corrected chi connectivity index (χ1v) is 9.68. The molecule has 0 aliphatic heterocycles. The molecule has 3 rings (SSSR count). The zero-order chi connectivity index (χ0) is 19.2. The van der Waals surface area contributed by atoms with Crippen LogP contribution in [0.5, 0.6) is 5.75 Å².